The summed E-state index contributed by atoms with van der Waals surface area (Å²) in [6, 6.07) is 16.7. The first-order valence-corrected chi connectivity index (χ1v) is 8.16. The van der Waals surface area contributed by atoms with Crippen LogP contribution in [0.2, 0.25) is 0 Å². The predicted octanol–water partition coefficient (Wildman–Crippen LogP) is 2.88. The van der Waals surface area contributed by atoms with Gasteiger partial charge in [0.05, 0.1) is 18.9 Å². The molecule has 2 aromatic carbocycles. The fraction of sp³-hybridized carbons (Fsp3) is 0.316. The molecule has 0 aliphatic carbocycles. The maximum Gasteiger partial charge on any atom is 0.226 e. The van der Waals surface area contributed by atoms with Gasteiger partial charge in [0, 0.05) is 18.9 Å². The third-order valence-corrected chi connectivity index (χ3v) is 3.98. The van der Waals surface area contributed by atoms with Crippen molar-refractivity contribution < 1.29 is 14.3 Å². The number of hydrogen-bond acceptors (Lipinski definition) is 4. The minimum atomic E-state index is -0.331. The number of hydrogen-bond donors (Lipinski definition) is 2. The van der Waals surface area contributed by atoms with Crippen LogP contribution in [0.4, 0.5) is 5.69 Å². The summed E-state index contributed by atoms with van der Waals surface area (Å²) in [7, 11) is 0. The van der Waals surface area contributed by atoms with Crippen LogP contribution < -0.4 is 15.8 Å². The number of benzene rings is 2. The van der Waals surface area contributed by atoms with E-state index in [1.807, 2.05) is 54.6 Å². The molecule has 3 N–H and O–H groups in total. The Balaban J connectivity index is 1.61. The van der Waals surface area contributed by atoms with Gasteiger partial charge in [-0.15, -0.1) is 0 Å². The van der Waals surface area contributed by atoms with Crippen molar-refractivity contribution in [1.29, 1.82) is 0 Å². The summed E-state index contributed by atoms with van der Waals surface area (Å²) in [5.74, 6) is 0.528. The Kier molecular flexibility index (Phi) is 5.46. The number of carbonyl (C=O) groups excluding carboxylic acids is 1. The Hall–Kier alpha value is -2.37. The van der Waals surface area contributed by atoms with E-state index >= 15 is 0 Å². The van der Waals surface area contributed by atoms with Gasteiger partial charge >= 0.3 is 0 Å². The number of nitrogens with two attached hydrogens (primary N) is 1. The van der Waals surface area contributed by atoms with E-state index in [2.05, 4.69) is 5.32 Å². The summed E-state index contributed by atoms with van der Waals surface area (Å²) in [6.07, 6.45) is 1.11. The zero-order valence-corrected chi connectivity index (χ0v) is 13.5. The monoisotopic (exact) mass is 326 g/mol. The van der Waals surface area contributed by atoms with Gasteiger partial charge in [0.25, 0.3) is 0 Å². The second kappa shape index (κ2) is 7.95. The largest absolute Gasteiger partial charge is 0.486 e. The standard InChI is InChI=1S/C19H22N2O3/c20-16(14-6-2-1-3-7-14)12-19(22)21-17-8-4-5-9-18(17)24-15-10-11-23-13-15/h1-9,15-16H,10-13,20H2,(H,21,22). The van der Waals surface area contributed by atoms with Crippen molar-refractivity contribution in [2.45, 2.75) is 25.0 Å². The van der Waals surface area contributed by atoms with E-state index in [0.717, 1.165) is 12.0 Å². The van der Waals surface area contributed by atoms with Crippen molar-refractivity contribution in [2.75, 3.05) is 18.5 Å². The average molecular weight is 326 g/mol. The first kappa shape index (κ1) is 16.5. The van der Waals surface area contributed by atoms with E-state index in [4.69, 9.17) is 15.2 Å². The average Bonchev–Trinajstić information content (AvgIpc) is 3.10. The molecule has 0 radical (unpaired) electrons. The lowest BCUT2D eigenvalue weighted by atomic mass is 10.0. The summed E-state index contributed by atoms with van der Waals surface area (Å²) in [4.78, 5) is 12.3. The highest BCUT2D eigenvalue weighted by Gasteiger charge is 2.19. The van der Waals surface area contributed by atoms with Gasteiger partial charge in [-0.05, 0) is 17.7 Å². The van der Waals surface area contributed by atoms with Gasteiger partial charge in [-0.1, -0.05) is 42.5 Å². The molecular formula is C19H22N2O3. The zero-order chi connectivity index (χ0) is 16.8. The number of amides is 1. The van der Waals surface area contributed by atoms with Gasteiger partial charge < -0.3 is 20.5 Å². The third-order valence-electron chi connectivity index (χ3n) is 3.98. The molecular weight excluding hydrogens is 304 g/mol. The summed E-state index contributed by atoms with van der Waals surface area (Å²) < 4.78 is 11.2. The van der Waals surface area contributed by atoms with Crippen LogP contribution in [0.25, 0.3) is 0 Å². The van der Waals surface area contributed by atoms with Crippen LogP contribution in [0.1, 0.15) is 24.4 Å². The Morgan fingerprint density at radius 1 is 1.21 bits per heavy atom. The number of rotatable bonds is 6. The Morgan fingerprint density at radius 3 is 2.71 bits per heavy atom. The number of carbonyl (C=O) groups is 1. The molecule has 1 amide bonds. The number of anilines is 1. The van der Waals surface area contributed by atoms with E-state index in [1.54, 1.807) is 0 Å². The molecule has 3 rings (SSSR count). The fourth-order valence-corrected chi connectivity index (χ4v) is 2.68. The molecule has 1 aliphatic rings. The van der Waals surface area contributed by atoms with Crippen molar-refractivity contribution in [3.05, 3.63) is 60.2 Å². The van der Waals surface area contributed by atoms with E-state index < -0.39 is 0 Å². The molecule has 0 saturated carbocycles. The lowest BCUT2D eigenvalue weighted by molar-refractivity contribution is -0.116. The summed E-state index contributed by atoms with van der Waals surface area (Å²) >= 11 is 0. The second-order valence-corrected chi connectivity index (χ2v) is 5.87. The maximum absolute atomic E-state index is 12.3. The van der Waals surface area contributed by atoms with Crippen molar-refractivity contribution in [2.24, 2.45) is 5.73 Å². The molecule has 2 unspecified atom stereocenters. The zero-order valence-electron chi connectivity index (χ0n) is 13.5. The second-order valence-electron chi connectivity index (χ2n) is 5.87. The molecule has 5 heteroatoms. The lowest BCUT2D eigenvalue weighted by Crippen LogP contribution is -2.22. The van der Waals surface area contributed by atoms with Gasteiger partial charge in [-0.3, -0.25) is 4.79 Å². The van der Waals surface area contributed by atoms with Crippen molar-refractivity contribution in [3.8, 4) is 5.75 Å². The van der Waals surface area contributed by atoms with Crippen LogP contribution in [-0.2, 0) is 9.53 Å². The van der Waals surface area contributed by atoms with E-state index in [0.29, 0.717) is 24.7 Å². The molecule has 1 saturated heterocycles. The predicted molar refractivity (Wildman–Crippen MR) is 92.9 cm³/mol. The minimum Gasteiger partial charge on any atom is -0.486 e. The molecule has 5 nitrogen and oxygen atoms in total. The summed E-state index contributed by atoms with van der Waals surface area (Å²) in [5, 5.41) is 2.90. The van der Waals surface area contributed by atoms with Crippen LogP contribution in [0.5, 0.6) is 5.75 Å². The molecule has 0 aromatic heterocycles. The number of ether oxygens (including phenoxy) is 2. The van der Waals surface area contributed by atoms with Crippen LogP contribution in [0.15, 0.2) is 54.6 Å². The van der Waals surface area contributed by atoms with Crippen LogP contribution >= 0.6 is 0 Å². The highest BCUT2D eigenvalue weighted by Crippen LogP contribution is 2.27. The SMILES string of the molecule is NC(CC(=O)Nc1ccccc1OC1CCOC1)c1ccccc1. The van der Waals surface area contributed by atoms with Gasteiger partial charge in [-0.25, -0.2) is 0 Å². The molecule has 126 valence electrons. The van der Waals surface area contributed by atoms with Crippen molar-refractivity contribution in [1.82, 2.24) is 0 Å². The highest BCUT2D eigenvalue weighted by atomic mass is 16.5. The highest BCUT2D eigenvalue weighted by molar-refractivity contribution is 5.92. The lowest BCUT2D eigenvalue weighted by Gasteiger charge is -2.17. The molecule has 1 heterocycles. The van der Waals surface area contributed by atoms with Crippen LogP contribution in [0.3, 0.4) is 0 Å². The van der Waals surface area contributed by atoms with Crippen molar-refractivity contribution in [3.63, 3.8) is 0 Å². The van der Waals surface area contributed by atoms with Gasteiger partial charge in [-0.2, -0.15) is 0 Å². The molecule has 2 atom stereocenters. The minimum absolute atomic E-state index is 0.0367. The molecule has 2 aromatic rings. The maximum atomic E-state index is 12.3. The normalized spacial score (nSPS) is 18.1. The van der Waals surface area contributed by atoms with Gasteiger partial charge in [0.1, 0.15) is 11.9 Å². The van der Waals surface area contributed by atoms with Gasteiger partial charge in [0.2, 0.25) is 5.91 Å². The fourth-order valence-electron chi connectivity index (χ4n) is 2.68. The van der Waals surface area contributed by atoms with Crippen LogP contribution in [-0.4, -0.2) is 25.2 Å². The third kappa shape index (κ3) is 4.34. The number of para-hydroxylation sites is 2. The first-order valence-electron chi connectivity index (χ1n) is 8.16. The summed E-state index contributed by atoms with van der Waals surface area (Å²) in [6.45, 7) is 1.30. The number of nitrogens with one attached hydrogen (secondary N) is 1. The summed E-state index contributed by atoms with van der Waals surface area (Å²) in [5.41, 5.74) is 7.72. The molecule has 0 bridgehead atoms. The van der Waals surface area contributed by atoms with Crippen LogP contribution in [0, 0.1) is 0 Å². The Labute approximate surface area is 141 Å². The Morgan fingerprint density at radius 2 is 1.96 bits per heavy atom. The molecule has 1 aliphatic heterocycles. The van der Waals surface area contributed by atoms with Crippen molar-refractivity contribution >= 4 is 11.6 Å². The topological polar surface area (TPSA) is 73.6 Å². The smallest absolute Gasteiger partial charge is 0.226 e. The van der Waals surface area contributed by atoms with E-state index in [1.165, 1.54) is 0 Å². The molecule has 1 fully saturated rings. The van der Waals surface area contributed by atoms with E-state index in [-0.39, 0.29) is 24.5 Å². The quantitative estimate of drug-likeness (QED) is 0.856. The molecule has 0 spiro atoms. The van der Waals surface area contributed by atoms with E-state index in [9.17, 15) is 4.79 Å². The molecule has 24 heavy (non-hydrogen) atoms. The first-order chi connectivity index (χ1) is 11.7. The Bertz CT molecular complexity index is 669. The van der Waals surface area contributed by atoms with Gasteiger partial charge in [0.15, 0.2) is 0 Å².